The summed E-state index contributed by atoms with van der Waals surface area (Å²) in [5, 5.41) is 16.7. The summed E-state index contributed by atoms with van der Waals surface area (Å²) in [6.07, 6.45) is 4.07. The average Bonchev–Trinajstić information content (AvgIpc) is 3.28. The van der Waals surface area contributed by atoms with Crippen molar-refractivity contribution in [3.63, 3.8) is 0 Å². The third kappa shape index (κ3) is 4.13. The topological polar surface area (TPSA) is 93.5 Å². The van der Waals surface area contributed by atoms with Gasteiger partial charge in [-0.15, -0.1) is 0 Å². The van der Waals surface area contributed by atoms with Crippen molar-refractivity contribution in [2.24, 2.45) is 5.92 Å². The van der Waals surface area contributed by atoms with E-state index in [1.165, 1.54) is 0 Å². The first-order valence-corrected chi connectivity index (χ1v) is 9.25. The smallest absolute Gasteiger partial charge is 0.329 e. The van der Waals surface area contributed by atoms with Crippen LogP contribution in [0.5, 0.6) is 5.75 Å². The predicted octanol–water partition coefficient (Wildman–Crippen LogP) is 3.03. The van der Waals surface area contributed by atoms with Gasteiger partial charge in [0.15, 0.2) is 11.4 Å². The minimum absolute atomic E-state index is 0.104. The summed E-state index contributed by atoms with van der Waals surface area (Å²) in [7, 11) is 0. The molecule has 1 amide bonds. The summed E-state index contributed by atoms with van der Waals surface area (Å²) >= 11 is 0. The van der Waals surface area contributed by atoms with Gasteiger partial charge in [0.25, 0.3) is 5.91 Å². The molecule has 1 saturated carbocycles. The van der Waals surface area contributed by atoms with E-state index in [-0.39, 0.29) is 11.6 Å². The number of nitrogens with zero attached hydrogens (tertiary/aromatic N) is 2. The van der Waals surface area contributed by atoms with Crippen molar-refractivity contribution >= 4 is 11.9 Å². The van der Waals surface area contributed by atoms with Crippen LogP contribution in [0.2, 0.25) is 0 Å². The fourth-order valence-corrected chi connectivity index (χ4v) is 3.24. The van der Waals surface area contributed by atoms with E-state index >= 15 is 0 Å². The molecule has 0 spiro atoms. The molecule has 1 aromatic heterocycles. The van der Waals surface area contributed by atoms with Crippen molar-refractivity contribution in [2.45, 2.75) is 45.1 Å². The standard InChI is InChI=1S/C20H25N3O4/c1-14(2)13-27-16-12-23(15-8-4-3-5-9-15)22-17(16)18(24)21-20(19(25)26)10-6-7-11-20/h3-5,8-9,12,14H,6-7,10-11,13H2,1-2H3,(H,21,24)(H,25,26). The third-order valence-electron chi connectivity index (χ3n) is 4.71. The van der Waals surface area contributed by atoms with Crippen LogP contribution in [0.25, 0.3) is 5.69 Å². The molecule has 0 atom stereocenters. The number of carboxylic acids is 1. The number of carbonyl (C=O) groups excluding carboxylic acids is 1. The number of rotatable bonds is 7. The van der Waals surface area contributed by atoms with Gasteiger partial charge in [-0.25, -0.2) is 9.48 Å². The minimum Gasteiger partial charge on any atom is -0.489 e. The highest BCUT2D eigenvalue weighted by atomic mass is 16.5. The van der Waals surface area contributed by atoms with Crippen molar-refractivity contribution in [3.05, 3.63) is 42.2 Å². The molecule has 27 heavy (non-hydrogen) atoms. The largest absolute Gasteiger partial charge is 0.489 e. The average molecular weight is 371 g/mol. The molecule has 1 aliphatic rings. The van der Waals surface area contributed by atoms with Gasteiger partial charge in [-0.2, -0.15) is 5.10 Å². The van der Waals surface area contributed by atoms with E-state index in [0.29, 0.717) is 25.2 Å². The fraction of sp³-hybridized carbons (Fsp3) is 0.450. The van der Waals surface area contributed by atoms with Crippen LogP contribution in [0.1, 0.15) is 50.0 Å². The Hall–Kier alpha value is -2.83. The Labute approximate surface area is 158 Å². The first kappa shape index (κ1) is 18.9. The van der Waals surface area contributed by atoms with E-state index in [1.807, 2.05) is 44.2 Å². The van der Waals surface area contributed by atoms with Gasteiger partial charge in [0.2, 0.25) is 0 Å². The number of aromatic nitrogens is 2. The molecule has 144 valence electrons. The summed E-state index contributed by atoms with van der Waals surface area (Å²) in [6.45, 7) is 4.46. The molecule has 0 saturated heterocycles. The van der Waals surface area contributed by atoms with Crippen LogP contribution < -0.4 is 10.1 Å². The highest BCUT2D eigenvalue weighted by Crippen LogP contribution is 2.31. The van der Waals surface area contributed by atoms with Crippen molar-refractivity contribution in [3.8, 4) is 11.4 Å². The highest BCUT2D eigenvalue weighted by molar-refractivity contribution is 5.98. The molecule has 1 aromatic carbocycles. The van der Waals surface area contributed by atoms with Crippen molar-refractivity contribution in [2.75, 3.05) is 6.61 Å². The number of hydrogen-bond acceptors (Lipinski definition) is 4. The zero-order valence-corrected chi connectivity index (χ0v) is 15.6. The zero-order valence-electron chi connectivity index (χ0n) is 15.6. The zero-order chi connectivity index (χ0) is 19.4. The van der Waals surface area contributed by atoms with Crippen molar-refractivity contribution < 1.29 is 19.4 Å². The molecule has 2 N–H and O–H groups in total. The number of carbonyl (C=O) groups is 2. The number of carboxylic acid groups (broad SMARTS) is 1. The molecule has 1 heterocycles. The number of hydrogen-bond donors (Lipinski definition) is 2. The number of benzene rings is 1. The molecule has 1 aliphatic carbocycles. The van der Waals surface area contributed by atoms with Gasteiger partial charge in [-0.05, 0) is 30.9 Å². The predicted molar refractivity (Wildman–Crippen MR) is 100 cm³/mol. The number of aliphatic carboxylic acids is 1. The Morgan fingerprint density at radius 1 is 1.26 bits per heavy atom. The Bertz CT molecular complexity index is 808. The van der Waals surface area contributed by atoms with Gasteiger partial charge in [-0.1, -0.05) is 44.9 Å². The first-order valence-electron chi connectivity index (χ1n) is 9.25. The van der Waals surface area contributed by atoms with E-state index in [9.17, 15) is 14.7 Å². The molecule has 3 rings (SSSR count). The Balaban J connectivity index is 1.90. The SMILES string of the molecule is CC(C)COc1cn(-c2ccccc2)nc1C(=O)NC1(C(=O)O)CCCC1. The van der Waals surface area contributed by atoms with Crippen molar-refractivity contribution in [1.29, 1.82) is 0 Å². The maximum atomic E-state index is 12.9. The van der Waals surface area contributed by atoms with Gasteiger partial charge < -0.3 is 15.2 Å². The summed E-state index contributed by atoms with van der Waals surface area (Å²) in [5.41, 5.74) is -0.324. The summed E-state index contributed by atoms with van der Waals surface area (Å²) < 4.78 is 7.36. The van der Waals surface area contributed by atoms with Crippen LogP contribution in [-0.4, -0.2) is 38.9 Å². The Kier molecular flexibility index (Phi) is 5.48. The molecular weight excluding hydrogens is 346 g/mol. The van der Waals surface area contributed by atoms with E-state index in [2.05, 4.69) is 10.4 Å². The molecule has 7 heteroatoms. The van der Waals surface area contributed by atoms with Crippen LogP contribution in [-0.2, 0) is 4.79 Å². The number of amides is 1. The maximum Gasteiger partial charge on any atom is 0.329 e. The van der Waals surface area contributed by atoms with Crippen LogP contribution >= 0.6 is 0 Å². The lowest BCUT2D eigenvalue weighted by Crippen LogP contribution is -2.52. The van der Waals surface area contributed by atoms with Gasteiger partial charge in [-0.3, -0.25) is 4.79 Å². The summed E-state index contributed by atoms with van der Waals surface area (Å²) in [6, 6.07) is 9.40. The monoisotopic (exact) mass is 371 g/mol. The molecular formula is C20H25N3O4. The van der Waals surface area contributed by atoms with Gasteiger partial charge in [0.05, 0.1) is 18.5 Å². The summed E-state index contributed by atoms with van der Waals surface area (Å²) in [5.74, 6) is -0.891. The highest BCUT2D eigenvalue weighted by Gasteiger charge is 2.43. The quantitative estimate of drug-likeness (QED) is 0.780. The number of ether oxygens (including phenoxy) is 1. The molecule has 0 radical (unpaired) electrons. The van der Waals surface area contributed by atoms with Crippen LogP contribution in [0.4, 0.5) is 0 Å². The molecule has 0 unspecified atom stereocenters. The second-order valence-electron chi connectivity index (χ2n) is 7.38. The van der Waals surface area contributed by atoms with Gasteiger partial charge in [0, 0.05) is 0 Å². The second kappa shape index (κ2) is 7.82. The molecule has 7 nitrogen and oxygen atoms in total. The van der Waals surface area contributed by atoms with Crippen LogP contribution in [0.15, 0.2) is 36.5 Å². The molecule has 2 aromatic rings. The fourth-order valence-electron chi connectivity index (χ4n) is 3.24. The first-order chi connectivity index (χ1) is 12.9. The Morgan fingerprint density at radius 2 is 1.93 bits per heavy atom. The minimum atomic E-state index is -1.22. The van der Waals surface area contributed by atoms with Gasteiger partial charge in [0.1, 0.15) is 5.54 Å². The van der Waals surface area contributed by atoms with Crippen molar-refractivity contribution in [1.82, 2.24) is 15.1 Å². The number of para-hydroxylation sites is 1. The Morgan fingerprint density at radius 3 is 2.52 bits per heavy atom. The second-order valence-corrected chi connectivity index (χ2v) is 7.38. The van der Waals surface area contributed by atoms with Crippen LogP contribution in [0.3, 0.4) is 0 Å². The maximum absolute atomic E-state index is 12.9. The normalized spacial score (nSPS) is 15.7. The molecule has 0 aliphatic heterocycles. The van der Waals surface area contributed by atoms with E-state index in [1.54, 1.807) is 10.9 Å². The lowest BCUT2D eigenvalue weighted by Gasteiger charge is -2.24. The van der Waals surface area contributed by atoms with Crippen LogP contribution in [0, 0.1) is 5.92 Å². The van der Waals surface area contributed by atoms with E-state index < -0.39 is 17.4 Å². The van der Waals surface area contributed by atoms with Gasteiger partial charge >= 0.3 is 5.97 Å². The molecule has 0 bridgehead atoms. The number of nitrogens with one attached hydrogen (secondary N) is 1. The third-order valence-corrected chi connectivity index (χ3v) is 4.71. The van der Waals surface area contributed by atoms with E-state index in [0.717, 1.165) is 18.5 Å². The molecule has 1 fully saturated rings. The lowest BCUT2D eigenvalue weighted by molar-refractivity contribution is -0.144. The summed E-state index contributed by atoms with van der Waals surface area (Å²) in [4.78, 5) is 24.6. The lowest BCUT2D eigenvalue weighted by atomic mass is 9.97. The van der Waals surface area contributed by atoms with E-state index in [4.69, 9.17) is 4.74 Å².